The molecule has 19 heavy (non-hydrogen) atoms. The molecular formula is C16H22N2O. The third kappa shape index (κ3) is 2.87. The molecule has 2 heterocycles. The summed E-state index contributed by atoms with van der Waals surface area (Å²) in [6.07, 6.45) is 4.83. The third-order valence-electron chi connectivity index (χ3n) is 3.52. The summed E-state index contributed by atoms with van der Waals surface area (Å²) in [6, 6.07) is 4.25. The number of furan rings is 1. The topological polar surface area (TPSA) is 38.1 Å². The number of aromatic nitrogens is 1. The van der Waals surface area contributed by atoms with E-state index in [4.69, 9.17) is 4.42 Å². The van der Waals surface area contributed by atoms with Gasteiger partial charge in [0.05, 0.1) is 6.04 Å². The fourth-order valence-electron chi connectivity index (χ4n) is 2.46. The number of rotatable bonds is 5. The van der Waals surface area contributed by atoms with E-state index in [0.29, 0.717) is 0 Å². The summed E-state index contributed by atoms with van der Waals surface area (Å²) in [5, 5.41) is 3.60. The van der Waals surface area contributed by atoms with Crippen LogP contribution in [0.3, 0.4) is 0 Å². The van der Waals surface area contributed by atoms with Gasteiger partial charge in [-0.05, 0) is 50.9 Å². The number of aryl methyl sites for hydroxylation is 2. The van der Waals surface area contributed by atoms with Crippen LogP contribution in [0.4, 0.5) is 0 Å². The quantitative estimate of drug-likeness (QED) is 0.889. The van der Waals surface area contributed by atoms with E-state index in [1.165, 1.54) is 16.7 Å². The zero-order valence-corrected chi connectivity index (χ0v) is 12.2. The molecule has 0 aliphatic rings. The minimum absolute atomic E-state index is 0.158. The molecule has 2 aromatic rings. The maximum Gasteiger partial charge on any atom is 0.106 e. The van der Waals surface area contributed by atoms with Crippen molar-refractivity contribution >= 4 is 0 Å². The van der Waals surface area contributed by atoms with Crippen LogP contribution in [0.2, 0.25) is 0 Å². The lowest BCUT2D eigenvalue weighted by atomic mass is 9.96. The van der Waals surface area contributed by atoms with E-state index in [0.717, 1.165) is 24.5 Å². The fourth-order valence-corrected chi connectivity index (χ4v) is 2.46. The summed E-state index contributed by atoms with van der Waals surface area (Å²) in [5.41, 5.74) is 3.66. The van der Waals surface area contributed by atoms with E-state index < -0.39 is 0 Å². The monoisotopic (exact) mass is 258 g/mol. The molecule has 0 saturated heterocycles. The van der Waals surface area contributed by atoms with Gasteiger partial charge >= 0.3 is 0 Å². The van der Waals surface area contributed by atoms with Gasteiger partial charge < -0.3 is 9.73 Å². The molecule has 0 aromatic carbocycles. The number of nitrogens with zero attached hydrogens (tertiary/aromatic N) is 1. The first-order valence-electron chi connectivity index (χ1n) is 6.85. The standard InChI is InChI=1S/C16H22N2O/c1-5-8-18-16(14-7-6-9-17-10-14)15-11(2)12(3)19-13(15)4/h6-7,9-10,16,18H,5,8H2,1-4H3. The Labute approximate surface area is 115 Å². The van der Waals surface area contributed by atoms with Gasteiger partial charge in [-0.2, -0.15) is 0 Å². The molecule has 1 N–H and O–H groups in total. The Bertz CT molecular complexity index is 531. The summed E-state index contributed by atoms with van der Waals surface area (Å²) >= 11 is 0. The number of hydrogen-bond acceptors (Lipinski definition) is 3. The van der Waals surface area contributed by atoms with Crippen LogP contribution < -0.4 is 5.32 Å². The highest BCUT2D eigenvalue weighted by Crippen LogP contribution is 2.31. The van der Waals surface area contributed by atoms with Gasteiger partial charge in [0.2, 0.25) is 0 Å². The molecule has 1 atom stereocenters. The molecule has 3 heteroatoms. The predicted octanol–water partition coefficient (Wildman–Crippen LogP) is 3.69. The van der Waals surface area contributed by atoms with Crippen molar-refractivity contribution < 1.29 is 4.42 Å². The summed E-state index contributed by atoms with van der Waals surface area (Å²) in [5.74, 6) is 1.99. The van der Waals surface area contributed by atoms with Gasteiger partial charge in [-0.15, -0.1) is 0 Å². The Hall–Kier alpha value is -1.61. The molecule has 0 bridgehead atoms. The lowest BCUT2D eigenvalue weighted by Crippen LogP contribution is -2.24. The first-order chi connectivity index (χ1) is 9.15. The average Bonchev–Trinajstić information content (AvgIpc) is 2.67. The van der Waals surface area contributed by atoms with Gasteiger partial charge in [0.1, 0.15) is 11.5 Å². The van der Waals surface area contributed by atoms with Crippen molar-refractivity contribution in [2.24, 2.45) is 0 Å². The molecule has 0 radical (unpaired) electrons. The predicted molar refractivity (Wildman–Crippen MR) is 77.3 cm³/mol. The second kappa shape index (κ2) is 6.02. The maximum atomic E-state index is 5.77. The van der Waals surface area contributed by atoms with E-state index in [1.807, 2.05) is 26.1 Å². The summed E-state index contributed by atoms with van der Waals surface area (Å²) in [4.78, 5) is 4.23. The van der Waals surface area contributed by atoms with Gasteiger partial charge in [-0.25, -0.2) is 0 Å². The largest absolute Gasteiger partial charge is 0.466 e. The maximum absolute atomic E-state index is 5.77. The van der Waals surface area contributed by atoms with Crippen LogP contribution in [0.15, 0.2) is 28.9 Å². The first kappa shape index (κ1) is 13.8. The van der Waals surface area contributed by atoms with Crippen LogP contribution in [0.5, 0.6) is 0 Å². The van der Waals surface area contributed by atoms with E-state index in [-0.39, 0.29) is 6.04 Å². The second-order valence-electron chi connectivity index (χ2n) is 4.93. The smallest absolute Gasteiger partial charge is 0.106 e. The van der Waals surface area contributed by atoms with Crippen molar-refractivity contribution in [3.63, 3.8) is 0 Å². The highest BCUT2D eigenvalue weighted by molar-refractivity contribution is 5.39. The Kier molecular flexibility index (Phi) is 4.38. The molecule has 0 saturated carbocycles. The van der Waals surface area contributed by atoms with Gasteiger partial charge in [0.25, 0.3) is 0 Å². The summed E-state index contributed by atoms with van der Waals surface area (Å²) in [7, 11) is 0. The minimum Gasteiger partial charge on any atom is -0.466 e. The van der Waals surface area contributed by atoms with E-state index in [9.17, 15) is 0 Å². The first-order valence-corrected chi connectivity index (χ1v) is 6.85. The molecule has 2 aromatic heterocycles. The Morgan fingerprint density at radius 1 is 1.26 bits per heavy atom. The van der Waals surface area contributed by atoms with Crippen LogP contribution in [0, 0.1) is 20.8 Å². The Morgan fingerprint density at radius 3 is 2.58 bits per heavy atom. The molecule has 3 nitrogen and oxygen atoms in total. The van der Waals surface area contributed by atoms with Crippen molar-refractivity contribution in [2.45, 2.75) is 40.2 Å². The molecule has 2 rings (SSSR count). The summed E-state index contributed by atoms with van der Waals surface area (Å²) in [6.45, 7) is 9.33. The highest BCUT2D eigenvalue weighted by atomic mass is 16.3. The zero-order chi connectivity index (χ0) is 13.8. The van der Waals surface area contributed by atoms with Crippen molar-refractivity contribution in [1.29, 1.82) is 0 Å². The lowest BCUT2D eigenvalue weighted by molar-refractivity contribution is 0.492. The van der Waals surface area contributed by atoms with Crippen LogP contribution in [0.1, 0.15) is 47.6 Å². The van der Waals surface area contributed by atoms with Gasteiger partial charge in [-0.3, -0.25) is 4.98 Å². The second-order valence-corrected chi connectivity index (χ2v) is 4.93. The molecule has 0 aliphatic carbocycles. The van der Waals surface area contributed by atoms with Crippen LogP contribution in [0.25, 0.3) is 0 Å². The number of nitrogens with one attached hydrogen (secondary N) is 1. The van der Waals surface area contributed by atoms with Crippen LogP contribution >= 0.6 is 0 Å². The average molecular weight is 258 g/mol. The van der Waals surface area contributed by atoms with E-state index in [1.54, 1.807) is 6.20 Å². The van der Waals surface area contributed by atoms with Gasteiger partial charge in [0, 0.05) is 18.0 Å². The molecule has 0 spiro atoms. The van der Waals surface area contributed by atoms with Crippen molar-refractivity contribution in [3.05, 3.63) is 52.7 Å². The number of hydrogen-bond donors (Lipinski definition) is 1. The number of pyridine rings is 1. The van der Waals surface area contributed by atoms with Crippen LogP contribution in [-0.4, -0.2) is 11.5 Å². The van der Waals surface area contributed by atoms with Crippen molar-refractivity contribution in [3.8, 4) is 0 Å². The third-order valence-corrected chi connectivity index (χ3v) is 3.52. The Balaban J connectivity index is 2.43. The highest BCUT2D eigenvalue weighted by Gasteiger charge is 2.22. The molecule has 1 unspecified atom stereocenters. The zero-order valence-electron chi connectivity index (χ0n) is 12.2. The molecule has 0 amide bonds. The van der Waals surface area contributed by atoms with Gasteiger partial charge in [-0.1, -0.05) is 13.0 Å². The van der Waals surface area contributed by atoms with Crippen molar-refractivity contribution in [1.82, 2.24) is 10.3 Å². The van der Waals surface area contributed by atoms with Crippen LogP contribution in [-0.2, 0) is 0 Å². The lowest BCUT2D eigenvalue weighted by Gasteiger charge is -2.19. The van der Waals surface area contributed by atoms with E-state index in [2.05, 4.69) is 30.2 Å². The molecular weight excluding hydrogens is 236 g/mol. The molecule has 102 valence electrons. The molecule has 0 fully saturated rings. The summed E-state index contributed by atoms with van der Waals surface area (Å²) < 4.78 is 5.77. The SMILES string of the molecule is CCCNC(c1cccnc1)c1c(C)oc(C)c1C. The van der Waals surface area contributed by atoms with Crippen molar-refractivity contribution in [2.75, 3.05) is 6.54 Å². The fraction of sp³-hybridized carbons (Fsp3) is 0.438. The normalized spacial score (nSPS) is 12.6. The molecule has 0 aliphatic heterocycles. The van der Waals surface area contributed by atoms with Gasteiger partial charge in [0.15, 0.2) is 0 Å². The Morgan fingerprint density at radius 2 is 2.05 bits per heavy atom. The van der Waals surface area contributed by atoms with E-state index >= 15 is 0 Å². The minimum atomic E-state index is 0.158.